The van der Waals surface area contributed by atoms with Gasteiger partial charge in [-0.05, 0) is 0 Å². The van der Waals surface area contributed by atoms with Crippen molar-refractivity contribution in [3.63, 3.8) is 0 Å². The average molecular weight is 148 g/mol. The second-order valence-corrected chi connectivity index (χ2v) is 0.250. The molecule has 0 spiro atoms. The summed E-state index contributed by atoms with van der Waals surface area (Å²) < 4.78 is 25.1. The summed E-state index contributed by atoms with van der Waals surface area (Å²) in [7, 11) is -1.42. The SMILES string of the molecule is O.O=[Si]=O.[H-].[H-].[Mg+2].[O]=[AlH]. The standard InChI is InChI=1S/Al.Mg.O2Si.H2O.O.3H/c;;1-3-2;;;;;/h;;;1H2;;;;/q;+2;;;;;2*-1. The van der Waals surface area contributed by atoms with E-state index in [1.165, 1.54) is 0 Å². The normalized spacial score (nSPS) is 1.57. The zero-order valence-electron chi connectivity index (χ0n) is 5.64. The quantitative estimate of drug-likeness (QED) is 0.360. The van der Waals surface area contributed by atoms with Crippen LogP contribution < -0.4 is 0 Å². The molecule has 0 saturated carbocycles. The molecule has 2 N–H and O–H groups in total. The Labute approximate surface area is 69.7 Å². The van der Waals surface area contributed by atoms with Crippen LogP contribution >= 0.6 is 0 Å². The van der Waals surface area contributed by atoms with Crippen LogP contribution in [0.25, 0.3) is 0 Å². The minimum atomic E-state index is -1.42. The molecule has 0 bridgehead atoms. The van der Waals surface area contributed by atoms with Crippen LogP contribution in [0.4, 0.5) is 0 Å². The van der Waals surface area contributed by atoms with E-state index >= 15 is 0 Å². The fourth-order valence-corrected chi connectivity index (χ4v) is 0. The zero-order valence-corrected chi connectivity index (χ0v) is 7.47. The van der Waals surface area contributed by atoms with Gasteiger partial charge >= 0.3 is 52.4 Å². The van der Waals surface area contributed by atoms with Gasteiger partial charge in [-0.2, -0.15) is 0 Å². The minimum absolute atomic E-state index is 0. The molecule has 0 saturated heterocycles. The van der Waals surface area contributed by atoms with E-state index in [9.17, 15) is 0 Å². The summed E-state index contributed by atoms with van der Waals surface area (Å²) in [5.41, 5.74) is 0. The third kappa shape index (κ3) is 213. The molecule has 0 unspecified atom stereocenters. The van der Waals surface area contributed by atoms with Gasteiger partial charge < -0.3 is 8.33 Å². The molecule has 0 heterocycles. The van der Waals surface area contributed by atoms with Gasteiger partial charge in [-0.3, -0.25) is 8.92 Å². The van der Waals surface area contributed by atoms with E-state index in [0.717, 1.165) is 0 Å². The van der Waals surface area contributed by atoms with Gasteiger partial charge in [0.05, 0.1) is 0 Å². The number of hydrogen-bond acceptors (Lipinski definition) is 3. The Morgan fingerprint density at radius 1 is 1.29 bits per heavy atom. The van der Waals surface area contributed by atoms with Crippen LogP contribution in [0.5, 0.6) is 0 Å². The van der Waals surface area contributed by atoms with Crippen molar-refractivity contribution in [3.8, 4) is 0 Å². The second kappa shape index (κ2) is 67.5. The third-order valence-electron chi connectivity index (χ3n) is 0. The Morgan fingerprint density at radius 2 is 1.29 bits per heavy atom. The van der Waals surface area contributed by atoms with Crippen LogP contribution in [0.3, 0.4) is 0 Å². The van der Waals surface area contributed by atoms with E-state index in [1.807, 2.05) is 0 Å². The van der Waals surface area contributed by atoms with Crippen molar-refractivity contribution in [1.29, 1.82) is 0 Å². The van der Waals surface area contributed by atoms with Gasteiger partial charge in [0.15, 0.2) is 0 Å². The van der Waals surface area contributed by atoms with Crippen LogP contribution in [0.1, 0.15) is 2.85 Å². The van der Waals surface area contributed by atoms with Crippen LogP contribution in [0.2, 0.25) is 0 Å². The van der Waals surface area contributed by atoms with Crippen molar-refractivity contribution < 1.29 is 21.1 Å². The molecule has 38 valence electrons. The van der Waals surface area contributed by atoms with Crippen LogP contribution in [-0.4, -0.2) is 54.0 Å². The first-order chi connectivity index (χ1) is 2.41. The van der Waals surface area contributed by atoms with Crippen molar-refractivity contribution >= 4 is 48.6 Å². The van der Waals surface area contributed by atoms with E-state index in [-0.39, 0.29) is 31.4 Å². The summed E-state index contributed by atoms with van der Waals surface area (Å²) in [4.78, 5) is 0. The fraction of sp³-hybridized carbons (Fsp3) is 0. The van der Waals surface area contributed by atoms with E-state index in [4.69, 9.17) is 12.7 Å². The van der Waals surface area contributed by atoms with Gasteiger partial charge in [0.25, 0.3) is 0 Å². The van der Waals surface area contributed by atoms with Crippen LogP contribution in [0, 0.1) is 0 Å². The maximum absolute atomic E-state index is 8.40. The Kier molecular flexibility index (Phi) is 239. The first kappa shape index (κ1) is 24.8. The maximum atomic E-state index is 8.40. The molecule has 0 fully saturated rings. The van der Waals surface area contributed by atoms with Gasteiger partial charge in [-0.25, -0.2) is 0 Å². The van der Waals surface area contributed by atoms with Crippen LogP contribution in [-0.2, 0) is 12.7 Å². The average Bonchev–Trinajstić information content (AvgIpc) is 1.46. The van der Waals surface area contributed by atoms with Crippen molar-refractivity contribution in [2.45, 2.75) is 0 Å². The first-order valence-electron chi connectivity index (χ1n) is 0.697. The van der Waals surface area contributed by atoms with Crippen molar-refractivity contribution in [2.75, 3.05) is 0 Å². The van der Waals surface area contributed by atoms with E-state index in [0.29, 0.717) is 16.2 Å². The molecule has 0 rings (SSSR count). The van der Waals surface area contributed by atoms with Crippen LogP contribution in [0.15, 0.2) is 0 Å². The van der Waals surface area contributed by atoms with Gasteiger partial charge in [-0.1, -0.05) is 0 Å². The summed E-state index contributed by atoms with van der Waals surface area (Å²) in [6.45, 7) is 0. The second-order valence-electron chi connectivity index (χ2n) is 0.0833. The molecule has 0 aromatic rings. The predicted molar refractivity (Wildman–Crippen MR) is 26.6 cm³/mol. The summed E-state index contributed by atoms with van der Waals surface area (Å²) in [5.74, 6) is 0. The van der Waals surface area contributed by atoms with Gasteiger partial charge in [0, 0.05) is 0 Å². The molecule has 0 aromatic carbocycles. The summed E-state index contributed by atoms with van der Waals surface area (Å²) in [6.07, 6.45) is 0. The Hall–Kier alpha value is 0.876. The monoisotopic (exact) mass is 148 g/mol. The van der Waals surface area contributed by atoms with Gasteiger partial charge in [-0.15, -0.1) is 0 Å². The molecule has 0 aromatic heterocycles. The topological polar surface area (TPSA) is 82.7 Å². The van der Waals surface area contributed by atoms with Crippen molar-refractivity contribution in [3.05, 3.63) is 0 Å². The Balaban J connectivity index is -0.00000000357. The van der Waals surface area contributed by atoms with Crippen molar-refractivity contribution in [2.24, 2.45) is 0 Å². The summed E-state index contributed by atoms with van der Waals surface area (Å²) >= 11 is 0.611. The Bertz CT molecular complexity index is 47.8. The third-order valence-corrected chi connectivity index (χ3v) is 0. The van der Waals surface area contributed by atoms with E-state index in [2.05, 4.69) is 0 Å². The molecule has 0 amide bonds. The Morgan fingerprint density at radius 3 is 1.29 bits per heavy atom. The summed E-state index contributed by atoms with van der Waals surface area (Å²) in [6, 6.07) is 0. The fourth-order valence-electron chi connectivity index (χ4n) is 0. The molecule has 4 nitrogen and oxygen atoms in total. The van der Waals surface area contributed by atoms with Crippen molar-refractivity contribution in [1.82, 2.24) is 0 Å². The van der Waals surface area contributed by atoms with E-state index < -0.39 is 9.29 Å². The molecule has 0 aliphatic carbocycles. The zero-order chi connectivity index (χ0) is 4.71. The van der Waals surface area contributed by atoms with Gasteiger partial charge in [0.1, 0.15) is 0 Å². The number of rotatable bonds is 0. The molecule has 0 radical (unpaired) electrons. The molecule has 0 aliphatic heterocycles. The first-order valence-corrected chi connectivity index (χ1v) is 2.09. The molecule has 0 atom stereocenters. The molecule has 7 heavy (non-hydrogen) atoms. The molecular weight excluding hydrogens is 143 g/mol. The molecule has 7 heteroatoms. The van der Waals surface area contributed by atoms with Gasteiger partial charge in [0.2, 0.25) is 0 Å². The predicted octanol–water partition coefficient (Wildman–Crippen LogP) is -2.37. The molecular formula is H5AlMgO4Si. The summed E-state index contributed by atoms with van der Waals surface area (Å²) in [5, 5.41) is 0. The van der Waals surface area contributed by atoms with E-state index in [1.54, 1.807) is 0 Å². The molecule has 0 aliphatic rings. The number of hydrogen-bond donors (Lipinski definition) is 0.